The van der Waals surface area contributed by atoms with Crippen LogP contribution in [0.15, 0.2) is 0 Å². The minimum atomic E-state index is -2.58. The van der Waals surface area contributed by atoms with Crippen molar-refractivity contribution in [2.45, 2.75) is 304 Å². The number of hydrogen-bond donors (Lipinski definition) is 29. The van der Waals surface area contributed by atoms with Gasteiger partial charge in [0.25, 0.3) is 0 Å². The van der Waals surface area contributed by atoms with Crippen molar-refractivity contribution in [3.05, 3.63) is 0 Å². The van der Waals surface area contributed by atoms with Gasteiger partial charge in [0.2, 0.25) is 23.6 Å². The maximum Gasteiger partial charge on any atom is 0.335 e. The van der Waals surface area contributed by atoms with Crippen molar-refractivity contribution in [3.8, 4) is 0 Å². The lowest BCUT2D eigenvalue weighted by molar-refractivity contribution is -0.399. The van der Waals surface area contributed by atoms with E-state index in [0.29, 0.717) is 0 Å². The second-order valence-corrected chi connectivity index (χ2v) is 28.2. The molecule has 29 N–H and O–H groups in total. The first-order chi connectivity index (χ1) is 53.4. The Kier molecular flexibility index (Phi) is 32.9. The lowest BCUT2D eigenvalue weighted by atomic mass is 9.93. The number of rotatable bonds is 29. The molecule has 9 aliphatic heterocycles. The summed E-state index contributed by atoms with van der Waals surface area (Å²) in [5, 5.41) is 287. The van der Waals surface area contributed by atoms with Gasteiger partial charge >= 0.3 is 5.97 Å². The summed E-state index contributed by atoms with van der Waals surface area (Å²) in [4.78, 5) is 62.5. The summed E-state index contributed by atoms with van der Waals surface area (Å²) in [6.45, 7) is -5.21. The molecule has 9 fully saturated rings. The normalized spacial score (nSPS) is 48.5. The van der Waals surface area contributed by atoms with Gasteiger partial charge in [-0.15, -0.1) is 0 Å². The number of aliphatic carboxylic acids is 1. The summed E-state index contributed by atoms with van der Waals surface area (Å²) >= 11 is 0. The predicted octanol–water partition coefficient (Wildman–Crippen LogP) is -20.0. The van der Waals surface area contributed by atoms with E-state index in [9.17, 15) is 152 Å². The highest BCUT2D eigenvalue weighted by atomic mass is 16.8. The largest absolute Gasteiger partial charge is 0.479 e. The molecular formula is C62H102N4O47. The molecule has 9 saturated heterocycles. The van der Waals surface area contributed by atoms with Crippen LogP contribution in [0.4, 0.5) is 0 Å². The predicted molar refractivity (Wildman–Crippen MR) is 344 cm³/mol. The monoisotopic (exact) mass is 1650 g/mol. The van der Waals surface area contributed by atoms with Gasteiger partial charge in [-0.25, -0.2) is 4.79 Å². The highest BCUT2D eigenvalue weighted by Gasteiger charge is 2.61. The minimum Gasteiger partial charge on any atom is -0.479 e. The summed E-state index contributed by atoms with van der Waals surface area (Å²) in [6.07, 6.45) is -88.0. The number of amides is 4. The van der Waals surface area contributed by atoms with Gasteiger partial charge < -0.3 is 229 Å². The third kappa shape index (κ3) is 20.4. The number of aliphatic hydroxyl groups is 24. The summed E-state index contributed by atoms with van der Waals surface area (Å²) in [6, 6.07) is -7.38. The summed E-state index contributed by atoms with van der Waals surface area (Å²) in [5.74, 6) is -5.47. The van der Waals surface area contributed by atoms with E-state index in [4.69, 9.17) is 80.5 Å². The maximum atomic E-state index is 13.1. The Balaban J connectivity index is 1.04. The van der Waals surface area contributed by atoms with Gasteiger partial charge in [-0.05, 0) is 0 Å². The maximum absolute atomic E-state index is 13.1. The number of carboxylic acids is 1. The standard InChI is InChI=1S/C62H102N4O47/c1-13(74)63-25-35(84)45(21(9-71)98-54(25)96)106-56-27(65-15(3)76)36(85)47(22(10-72)103-56)108-60-44(93)49(33(82)24(105-60)12-97-61-51(39(88)30(79)18(6-68)101-61)112-55-26(64-14(2)75)34(83)29(78)17(5-67)99-55)110-62-52(40(89)31(80)19(7-69)102-62)113-57-28(66-16(4)77)37(86)46(23(11-73)104-57)107-59-43(92)48(32(81)20(8-70)100-59)109-58-42(91)38(87)41(90)50(111-58)53(94)95/h17-52,54-62,67-73,78-93,96H,5-12H2,1-4H3,(H,63,74)(H,64,75)(H,65,76)(H,66,77)(H,94,95)/t17-,18-,19-,20-,21-,22-,23-,24-,25-,26-,27-,28-,29-,30-,31-,32+,33-,34-,35-,36-,37-,38+,39+,40+,41+,42-,43-,44+,45-,46-,47-,48+,49+,50+,51+,52+,54-,55+,56+,57+,58-,59+,60+,61+,62-/m1/s1. The summed E-state index contributed by atoms with van der Waals surface area (Å²) in [5.41, 5.74) is 0. The summed E-state index contributed by atoms with van der Waals surface area (Å²) < 4.78 is 99.8. The van der Waals surface area contributed by atoms with Gasteiger partial charge in [0, 0.05) is 27.7 Å². The van der Waals surface area contributed by atoms with E-state index in [1.165, 1.54) is 0 Å². The van der Waals surface area contributed by atoms with Crippen molar-refractivity contribution < 1.29 is 232 Å². The molecule has 51 heteroatoms. The lowest BCUT2D eigenvalue weighted by Crippen LogP contribution is -2.71. The Morgan fingerprint density at radius 2 is 0.549 bits per heavy atom. The molecule has 0 aliphatic carbocycles. The Labute approximate surface area is 638 Å². The molecule has 0 unspecified atom stereocenters. The zero-order valence-electron chi connectivity index (χ0n) is 60.3. The van der Waals surface area contributed by atoms with Crippen LogP contribution in [0.1, 0.15) is 27.7 Å². The van der Waals surface area contributed by atoms with Crippen LogP contribution in [0.5, 0.6) is 0 Å². The fraction of sp³-hybridized carbons (Fsp3) is 0.919. The number of hydrogen-bond acceptors (Lipinski definition) is 46. The number of carboxylic acid groups (broad SMARTS) is 1. The molecule has 0 aromatic heterocycles. The van der Waals surface area contributed by atoms with Gasteiger partial charge in [-0.3, -0.25) is 19.2 Å². The van der Waals surface area contributed by atoms with Gasteiger partial charge in [0.05, 0.1) is 52.9 Å². The van der Waals surface area contributed by atoms with Crippen molar-refractivity contribution in [2.75, 3.05) is 52.9 Å². The first-order valence-corrected chi connectivity index (χ1v) is 35.6. The smallest absolute Gasteiger partial charge is 0.335 e. The first kappa shape index (κ1) is 92.6. The molecule has 51 nitrogen and oxygen atoms in total. The van der Waals surface area contributed by atoms with Crippen LogP contribution in [0, 0.1) is 0 Å². The van der Waals surface area contributed by atoms with Crippen LogP contribution in [0.2, 0.25) is 0 Å². The second kappa shape index (κ2) is 40.2. The number of aliphatic hydroxyl groups excluding tert-OH is 24. The molecule has 652 valence electrons. The van der Waals surface area contributed by atoms with Gasteiger partial charge in [-0.2, -0.15) is 0 Å². The quantitative estimate of drug-likeness (QED) is 0.0331. The van der Waals surface area contributed by atoms with E-state index >= 15 is 0 Å². The molecule has 9 rings (SSSR count). The molecule has 4 amide bonds. The average molecular weight is 1660 g/mol. The topological polar surface area (TPSA) is 796 Å². The number of nitrogens with one attached hydrogen (secondary N) is 4. The number of ether oxygens (including phenoxy) is 17. The molecule has 45 atom stereocenters. The van der Waals surface area contributed by atoms with Crippen molar-refractivity contribution in [3.63, 3.8) is 0 Å². The van der Waals surface area contributed by atoms with Crippen LogP contribution in [-0.4, -0.2) is 486 Å². The van der Waals surface area contributed by atoms with Gasteiger partial charge in [-0.1, -0.05) is 0 Å². The second-order valence-electron chi connectivity index (χ2n) is 28.2. The van der Waals surface area contributed by atoms with Crippen molar-refractivity contribution in [1.82, 2.24) is 21.3 Å². The molecule has 0 spiro atoms. The van der Waals surface area contributed by atoms with Crippen LogP contribution in [0.3, 0.4) is 0 Å². The zero-order valence-corrected chi connectivity index (χ0v) is 60.3. The van der Waals surface area contributed by atoms with Gasteiger partial charge in [0.1, 0.15) is 213 Å². The van der Waals surface area contributed by atoms with Crippen LogP contribution in [0.25, 0.3) is 0 Å². The zero-order chi connectivity index (χ0) is 83.4. The van der Waals surface area contributed by atoms with E-state index in [0.717, 1.165) is 27.7 Å². The van der Waals surface area contributed by atoms with Crippen molar-refractivity contribution in [1.29, 1.82) is 0 Å². The first-order valence-electron chi connectivity index (χ1n) is 35.6. The van der Waals surface area contributed by atoms with E-state index < -0.39 is 359 Å². The Bertz CT molecular complexity index is 3060. The molecule has 0 radical (unpaired) electrons. The van der Waals surface area contributed by atoms with E-state index in [1.807, 2.05) is 0 Å². The Hall–Kier alpha value is -4.29. The lowest BCUT2D eigenvalue weighted by Gasteiger charge is -2.51. The molecular weight excluding hydrogens is 1550 g/mol. The molecule has 9 heterocycles. The highest BCUT2D eigenvalue weighted by Crippen LogP contribution is 2.40. The van der Waals surface area contributed by atoms with Crippen LogP contribution < -0.4 is 21.3 Å². The SMILES string of the molecule is CC(=O)N[C@@H]1[C@@H](O)[C@H](O[C@@H]2O[C@H](CO)[C@@H](O[C@@H]3O[C@H](CO[C@H]4O[C@H](CO)[C@@H](O)[C@H](O)[C@@H]4O[C@@H]4O[C@H](CO)[C@@H](O)[C@H](O)[C@H]4NC(C)=O)[C@@H](O)[C@H](O[C@H]4O[C@H](CO)[C@@H](O)[C@H](O)[C@@H]4O[C@@H]4O[C@H](CO)[C@@H](O[C@@H]5O[C@H](CO)[C@H](O)[C@H](O[C@@H]6O[C@H](C(=O)O)[C@@H](O)[C@H](O)[C@H]6O)[C@H]5O)[C@H](O)[C@H]4NC(C)=O)[C@@H]3O)[C@H](O)[C@H]2NC(C)=O)[C@@H](CO)O[C@H]1O. The fourth-order valence-electron chi connectivity index (χ4n) is 14.4. The van der Waals surface area contributed by atoms with E-state index in [-0.39, 0.29) is 0 Å². The molecule has 0 aromatic carbocycles. The fourth-order valence-corrected chi connectivity index (χ4v) is 14.4. The minimum absolute atomic E-state index is 0.790. The third-order valence-corrected chi connectivity index (χ3v) is 20.3. The van der Waals surface area contributed by atoms with E-state index in [2.05, 4.69) is 21.3 Å². The molecule has 0 saturated carbocycles. The Morgan fingerprint density at radius 1 is 0.257 bits per heavy atom. The van der Waals surface area contributed by atoms with Crippen LogP contribution in [-0.2, 0) is 104 Å². The van der Waals surface area contributed by atoms with Gasteiger partial charge in [0.15, 0.2) is 62.7 Å². The summed E-state index contributed by atoms with van der Waals surface area (Å²) in [7, 11) is 0. The van der Waals surface area contributed by atoms with Crippen molar-refractivity contribution >= 4 is 29.6 Å². The molecule has 0 bridgehead atoms. The molecule has 113 heavy (non-hydrogen) atoms. The molecule has 0 aromatic rings. The van der Waals surface area contributed by atoms with Crippen molar-refractivity contribution in [2.24, 2.45) is 0 Å². The third-order valence-electron chi connectivity index (χ3n) is 20.3. The van der Waals surface area contributed by atoms with E-state index in [1.54, 1.807) is 0 Å². The Morgan fingerprint density at radius 3 is 0.973 bits per heavy atom. The van der Waals surface area contributed by atoms with Crippen LogP contribution >= 0.6 is 0 Å². The average Bonchev–Trinajstić information content (AvgIpc) is 0.766. The molecule has 9 aliphatic rings. The number of carbonyl (C=O) groups excluding carboxylic acids is 4. The number of carbonyl (C=O) groups is 5. The highest BCUT2D eigenvalue weighted by molar-refractivity contribution is 5.75.